The minimum Gasteiger partial charge on any atom is -0.322 e. The second-order valence-corrected chi connectivity index (χ2v) is 5.25. The summed E-state index contributed by atoms with van der Waals surface area (Å²) in [5.74, 6) is -0.393. The molecule has 2 aromatic rings. The lowest BCUT2D eigenvalue weighted by Crippen LogP contribution is -2.11. The minimum absolute atomic E-state index is 0.103. The maximum Gasteiger partial charge on any atom is 0.261 e. The molecule has 0 saturated heterocycles. The van der Waals surface area contributed by atoms with Gasteiger partial charge in [0.25, 0.3) is 5.91 Å². The summed E-state index contributed by atoms with van der Waals surface area (Å²) in [4.78, 5) is 11.9. The van der Waals surface area contributed by atoms with Crippen molar-refractivity contribution in [3.05, 3.63) is 44.3 Å². The molecule has 3 nitrogen and oxygen atoms in total. The Labute approximate surface area is 116 Å². The molecule has 0 aliphatic carbocycles. The Bertz CT molecular complexity index is 534. The van der Waals surface area contributed by atoms with E-state index in [1.165, 1.54) is 0 Å². The molecule has 2 rings (SSSR count). The van der Waals surface area contributed by atoms with Gasteiger partial charge in [0.1, 0.15) is 9.90 Å². The highest BCUT2D eigenvalue weighted by Crippen LogP contribution is 2.28. The van der Waals surface area contributed by atoms with Gasteiger partial charge < -0.3 is 5.32 Å². The quantitative estimate of drug-likeness (QED) is 0.896. The number of hydrogen-bond acceptors (Lipinski definition) is 3. The minimum atomic E-state index is -0.393. The summed E-state index contributed by atoms with van der Waals surface area (Å²) in [7, 11) is 0. The molecule has 17 heavy (non-hydrogen) atoms. The van der Waals surface area contributed by atoms with Gasteiger partial charge in [-0.2, -0.15) is 4.37 Å². The number of anilines is 1. The summed E-state index contributed by atoms with van der Waals surface area (Å²) >= 11 is 18.3. The Kier molecular flexibility index (Phi) is 3.89. The van der Waals surface area contributed by atoms with Crippen molar-refractivity contribution in [2.24, 2.45) is 0 Å². The third-order valence-electron chi connectivity index (χ3n) is 1.94. The molecule has 0 saturated carbocycles. The maximum absolute atomic E-state index is 11.9. The van der Waals surface area contributed by atoms with Gasteiger partial charge in [-0.3, -0.25) is 4.79 Å². The molecular formula is C10H5Cl3N2OS. The van der Waals surface area contributed by atoms with Gasteiger partial charge in [0, 0.05) is 10.7 Å². The Morgan fingerprint density at radius 3 is 2.35 bits per heavy atom. The fraction of sp³-hybridized carbons (Fsp3) is 0. The number of halogens is 3. The number of carbonyl (C=O) groups is 1. The van der Waals surface area contributed by atoms with Gasteiger partial charge in [0.15, 0.2) is 5.15 Å². The van der Waals surface area contributed by atoms with Crippen LogP contribution in [0.3, 0.4) is 0 Å². The maximum atomic E-state index is 11.9. The lowest BCUT2D eigenvalue weighted by atomic mass is 10.3. The molecule has 0 atom stereocenters. The second kappa shape index (κ2) is 5.23. The molecule has 88 valence electrons. The predicted octanol–water partition coefficient (Wildman–Crippen LogP) is 4.36. The highest BCUT2D eigenvalue weighted by Gasteiger charge is 2.18. The van der Waals surface area contributed by atoms with Crippen LogP contribution in [0.4, 0.5) is 5.69 Å². The van der Waals surface area contributed by atoms with Crippen LogP contribution < -0.4 is 5.32 Å². The van der Waals surface area contributed by atoms with E-state index in [1.54, 1.807) is 24.3 Å². The Hall–Kier alpha value is -0.810. The lowest BCUT2D eigenvalue weighted by molar-refractivity contribution is 0.102. The van der Waals surface area contributed by atoms with Crippen LogP contribution in [-0.4, -0.2) is 10.3 Å². The molecule has 0 aliphatic heterocycles. The first-order valence-electron chi connectivity index (χ1n) is 4.45. The monoisotopic (exact) mass is 306 g/mol. The van der Waals surface area contributed by atoms with E-state index in [1.807, 2.05) is 0 Å². The zero-order chi connectivity index (χ0) is 12.4. The number of carbonyl (C=O) groups excluding carboxylic acids is 1. The highest BCUT2D eigenvalue weighted by molar-refractivity contribution is 7.11. The summed E-state index contributed by atoms with van der Waals surface area (Å²) < 4.78 is 4.05. The molecule has 1 aromatic carbocycles. The van der Waals surface area contributed by atoms with Crippen LogP contribution in [-0.2, 0) is 0 Å². The summed E-state index contributed by atoms with van der Waals surface area (Å²) in [5.41, 5.74) is 0.797. The van der Waals surface area contributed by atoms with Crippen molar-refractivity contribution >= 4 is 57.9 Å². The fourth-order valence-corrected chi connectivity index (χ4v) is 2.49. The molecule has 1 aromatic heterocycles. The molecule has 0 unspecified atom stereocenters. The number of aromatic nitrogens is 1. The largest absolute Gasteiger partial charge is 0.322 e. The van der Waals surface area contributed by atoms with E-state index in [4.69, 9.17) is 34.8 Å². The topological polar surface area (TPSA) is 42.0 Å². The van der Waals surface area contributed by atoms with Crippen LogP contribution in [0.1, 0.15) is 10.4 Å². The summed E-state index contributed by atoms with van der Waals surface area (Å²) in [5, 5.41) is 3.35. The zero-order valence-electron chi connectivity index (χ0n) is 8.21. The average Bonchev–Trinajstić information content (AvgIpc) is 2.62. The third-order valence-corrected chi connectivity index (χ3v) is 3.60. The highest BCUT2D eigenvalue weighted by atomic mass is 35.5. The lowest BCUT2D eigenvalue weighted by Gasteiger charge is -2.04. The first-order chi connectivity index (χ1) is 8.08. The molecule has 1 heterocycles. The number of benzene rings is 1. The second-order valence-electron chi connectivity index (χ2n) is 3.08. The number of nitrogens with one attached hydrogen (secondary N) is 1. The van der Waals surface area contributed by atoms with Crippen molar-refractivity contribution in [3.63, 3.8) is 0 Å². The smallest absolute Gasteiger partial charge is 0.261 e. The first kappa shape index (κ1) is 12.6. The van der Waals surface area contributed by atoms with Crippen molar-refractivity contribution < 1.29 is 4.79 Å². The third kappa shape index (κ3) is 2.90. The SMILES string of the molecule is O=C(Nc1ccc(Cl)cc1)c1c(Cl)nsc1Cl. The van der Waals surface area contributed by atoms with Crippen LogP contribution >= 0.6 is 46.3 Å². The van der Waals surface area contributed by atoms with E-state index < -0.39 is 5.91 Å². The van der Waals surface area contributed by atoms with Gasteiger partial charge in [0.05, 0.1) is 0 Å². The summed E-state index contributed by atoms with van der Waals surface area (Å²) in [6.45, 7) is 0. The average molecular weight is 308 g/mol. The van der Waals surface area contributed by atoms with Crippen LogP contribution in [0.25, 0.3) is 0 Å². The van der Waals surface area contributed by atoms with Gasteiger partial charge in [-0.1, -0.05) is 34.8 Å². The first-order valence-corrected chi connectivity index (χ1v) is 6.36. The van der Waals surface area contributed by atoms with E-state index in [0.29, 0.717) is 10.7 Å². The van der Waals surface area contributed by atoms with E-state index in [-0.39, 0.29) is 15.1 Å². The van der Waals surface area contributed by atoms with Crippen molar-refractivity contribution in [2.45, 2.75) is 0 Å². The summed E-state index contributed by atoms with van der Waals surface area (Å²) in [6, 6.07) is 6.71. The molecule has 0 fully saturated rings. The van der Waals surface area contributed by atoms with Gasteiger partial charge in [-0.05, 0) is 35.8 Å². The molecule has 0 radical (unpaired) electrons. The number of rotatable bonds is 2. The van der Waals surface area contributed by atoms with Crippen molar-refractivity contribution in [2.75, 3.05) is 5.32 Å². The van der Waals surface area contributed by atoms with Crippen molar-refractivity contribution in [3.8, 4) is 0 Å². The molecule has 1 N–H and O–H groups in total. The van der Waals surface area contributed by atoms with Crippen molar-refractivity contribution in [1.29, 1.82) is 0 Å². The van der Waals surface area contributed by atoms with E-state index in [2.05, 4.69) is 9.69 Å². The van der Waals surface area contributed by atoms with Gasteiger partial charge in [0.2, 0.25) is 0 Å². The normalized spacial score (nSPS) is 10.3. The van der Waals surface area contributed by atoms with E-state index in [9.17, 15) is 4.79 Å². The Morgan fingerprint density at radius 2 is 1.82 bits per heavy atom. The number of hydrogen-bond donors (Lipinski definition) is 1. The van der Waals surface area contributed by atoms with Crippen LogP contribution in [0.2, 0.25) is 14.5 Å². The van der Waals surface area contributed by atoms with E-state index >= 15 is 0 Å². The molecule has 1 amide bonds. The summed E-state index contributed by atoms with van der Waals surface area (Å²) in [6.07, 6.45) is 0. The Morgan fingerprint density at radius 1 is 1.18 bits per heavy atom. The predicted molar refractivity (Wildman–Crippen MR) is 71.5 cm³/mol. The van der Waals surface area contributed by atoms with Crippen LogP contribution in [0, 0.1) is 0 Å². The molecule has 0 aliphatic rings. The van der Waals surface area contributed by atoms with Gasteiger partial charge in [-0.15, -0.1) is 0 Å². The molecular weight excluding hydrogens is 303 g/mol. The van der Waals surface area contributed by atoms with E-state index in [0.717, 1.165) is 11.5 Å². The molecule has 0 spiro atoms. The fourth-order valence-electron chi connectivity index (χ4n) is 1.16. The number of amides is 1. The molecule has 0 bridgehead atoms. The Balaban J connectivity index is 2.20. The number of nitrogens with zero attached hydrogens (tertiary/aromatic N) is 1. The zero-order valence-corrected chi connectivity index (χ0v) is 11.3. The molecule has 7 heteroatoms. The van der Waals surface area contributed by atoms with Crippen molar-refractivity contribution in [1.82, 2.24) is 4.37 Å². The van der Waals surface area contributed by atoms with Gasteiger partial charge >= 0.3 is 0 Å². The van der Waals surface area contributed by atoms with Crippen LogP contribution in [0.15, 0.2) is 24.3 Å². The standard InChI is InChI=1S/C10H5Cl3N2OS/c11-5-1-3-6(4-2-5)14-10(16)7-8(12)15-17-9(7)13/h1-4H,(H,14,16). The van der Waals surface area contributed by atoms with Crippen LogP contribution in [0.5, 0.6) is 0 Å². The van der Waals surface area contributed by atoms with Gasteiger partial charge in [-0.25, -0.2) is 0 Å².